The Labute approximate surface area is 596 Å². The number of rotatable bonds is 28. The molecule has 1 aromatic heterocycles. The molecular weight excluding hydrogens is 1370 g/mol. The van der Waals surface area contributed by atoms with E-state index in [0.29, 0.717) is 5.69 Å². The topological polar surface area (TPSA) is 345 Å². The van der Waals surface area contributed by atoms with Crippen molar-refractivity contribution in [1.82, 2.24) is 15.0 Å². The van der Waals surface area contributed by atoms with Crippen LogP contribution in [0.25, 0.3) is 0 Å². The molecule has 0 aromatic carbocycles. The molecule has 0 N–H and O–H groups in total. The summed E-state index contributed by atoms with van der Waals surface area (Å²) in [5.74, 6) is 0. The number of hydrogen-bond donors (Lipinski definition) is 0. The van der Waals surface area contributed by atoms with Crippen LogP contribution in [0.1, 0.15) is 5.69 Å². The molecule has 0 unspecified atom stereocenters. The largest absolute Gasteiger partial charge is 0.382 e. The lowest BCUT2D eigenvalue weighted by atomic mass is 9.94. The average molecular weight is 1480 g/mol. The van der Waals surface area contributed by atoms with Crippen LogP contribution in [-0.4, -0.2) is 412 Å². The van der Waals surface area contributed by atoms with Crippen molar-refractivity contribution in [1.29, 1.82) is 0 Å². The maximum atomic E-state index is 7.17. The predicted molar refractivity (Wildman–Crippen MR) is 342 cm³/mol. The van der Waals surface area contributed by atoms with Crippen molar-refractivity contribution < 1.29 is 161 Å². The average Bonchev–Trinajstić information content (AvgIpc) is 0.842. The van der Waals surface area contributed by atoms with Gasteiger partial charge in [0.25, 0.3) is 0 Å². The van der Waals surface area contributed by atoms with Crippen LogP contribution < -0.4 is 0 Å². The van der Waals surface area contributed by atoms with Crippen molar-refractivity contribution in [3.8, 4) is 0 Å². The highest BCUT2D eigenvalue weighted by molar-refractivity contribution is 5.05. The van der Waals surface area contributed by atoms with Crippen LogP contribution in [0.15, 0.2) is 6.20 Å². The van der Waals surface area contributed by atoms with E-state index in [9.17, 15) is 0 Å². The second-order valence-corrected chi connectivity index (χ2v) is 25.6. The second kappa shape index (κ2) is 40.5. The van der Waals surface area contributed by atoms with Crippen LogP contribution >= 0.6 is 0 Å². The molecule has 21 saturated heterocycles. The summed E-state index contributed by atoms with van der Waals surface area (Å²) in [7, 11) is 30.2. The van der Waals surface area contributed by atoms with Crippen LogP contribution in [0.5, 0.6) is 0 Å². The lowest BCUT2D eigenvalue weighted by Crippen LogP contribution is -2.69. The highest BCUT2D eigenvalue weighted by Gasteiger charge is 2.62. The third kappa shape index (κ3) is 18.1. The van der Waals surface area contributed by atoms with Gasteiger partial charge in [-0.3, -0.25) is 0 Å². The van der Waals surface area contributed by atoms with Gasteiger partial charge < -0.3 is 161 Å². The summed E-state index contributed by atoms with van der Waals surface area (Å²) in [6.07, 6.45) is -34.8. The quantitative estimate of drug-likeness (QED) is 0.0917. The Kier molecular flexibility index (Phi) is 33.2. The summed E-state index contributed by atoms with van der Waals surface area (Å²) in [5, 5.41) is 8.68. The van der Waals surface area contributed by atoms with Gasteiger partial charge >= 0.3 is 0 Å². The van der Waals surface area contributed by atoms with Crippen LogP contribution in [0.4, 0.5) is 0 Å². The molecule has 0 saturated carbocycles. The van der Waals surface area contributed by atoms with Gasteiger partial charge in [0.1, 0.15) is 171 Å². The molecule has 0 radical (unpaired) electrons. The molecule has 0 aliphatic carbocycles. The minimum atomic E-state index is -1.26. The summed E-state index contributed by atoms with van der Waals surface area (Å²) >= 11 is 0. The van der Waals surface area contributed by atoms with Gasteiger partial charge in [-0.2, -0.15) is 0 Å². The first kappa shape index (κ1) is 83.8. The Morgan fingerprint density at radius 2 is 0.412 bits per heavy atom. The summed E-state index contributed by atoms with van der Waals surface area (Å²) < 4.78 is 223. The smallest absolute Gasteiger partial charge is 0.187 e. The fourth-order valence-corrected chi connectivity index (χ4v) is 15.4. The van der Waals surface area contributed by atoms with Gasteiger partial charge in [0.05, 0.1) is 51.9 Å². The lowest BCUT2D eigenvalue weighted by Gasteiger charge is -2.52. The van der Waals surface area contributed by atoms with Gasteiger partial charge in [-0.05, 0) is 6.92 Å². The first-order valence-electron chi connectivity index (χ1n) is 34.0. The fraction of sp³-hybridized carbons (Fsp3) is 0.969. The first-order valence-corrected chi connectivity index (χ1v) is 34.0. The number of aryl methyl sites for hydroxylation is 1. The van der Waals surface area contributed by atoms with E-state index in [0.717, 1.165) is 0 Å². The van der Waals surface area contributed by atoms with E-state index in [1.165, 1.54) is 142 Å². The van der Waals surface area contributed by atoms with E-state index in [-0.39, 0.29) is 46.2 Å². The summed E-state index contributed by atoms with van der Waals surface area (Å²) in [5.41, 5.74) is 0.641. The van der Waals surface area contributed by atoms with E-state index in [4.69, 9.17) is 161 Å². The third-order valence-corrected chi connectivity index (χ3v) is 20.0. The zero-order valence-corrected chi connectivity index (χ0v) is 62.5. The molecular formula is C65H113N3O34. The number of hydrogen-bond acceptors (Lipinski definition) is 36. The van der Waals surface area contributed by atoms with Crippen molar-refractivity contribution in [3.63, 3.8) is 0 Å². The van der Waals surface area contributed by atoms with Crippen molar-refractivity contribution >= 4 is 0 Å². The lowest BCUT2D eigenvalue weighted by molar-refractivity contribution is -0.402. The van der Waals surface area contributed by atoms with Gasteiger partial charge in [-0.1, -0.05) is 5.21 Å². The highest BCUT2D eigenvalue weighted by Crippen LogP contribution is 2.43. The Morgan fingerprint density at radius 3 is 0.559 bits per heavy atom. The molecule has 21 aliphatic heterocycles. The second-order valence-electron chi connectivity index (χ2n) is 25.6. The minimum absolute atomic E-state index is 0.0425. The van der Waals surface area contributed by atoms with Crippen LogP contribution in [0.3, 0.4) is 0 Å². The molecule has 592 valence electrons. The molecule has 21 fully saturated rings. The molecule has 14 bridgehead atoms. The normalized spacial score (nSPS) is 44.7. The Hall–Kier alpha value is -2.22. The standard InChI is InChI=1S/C65H113N3O34/c1-30-22-68(67-66-30)23-31-38-45(75-8)52(82-15)59(89-31)97-39-32(24-69-2)91-61(54(84-17)46(39)76-9)99-41-34(26-71-4)93-63(56(86-19)48(41)78-11)101-43-36(28-73-6)95-65(58(88-21)50(43)80-13)102-44-37(29-74-7)94-64(57(87-20)51(44)81-14)100-42-35(27-72-5)92-62(55(85-18)49(42)79-12)98-40-33(25-70-3)90-60(96-38)53(83-16)47(40)77-10/h22,31-65H,23-29H2,1-21H3/t31-,32-,33-,34-,35-,36-,37-,38-,39-,40-,41-,42-,43-,44-,45+,46+,47+,48+,49+,50+,51+,52-,53-,54-,55-,56-,57-,58-,59-,60-,61-,62-,63-,64-,65-/m1/s1. The van der Waals surface area contributed by atoms with Crippen molar-refractivity contribution in [2.75, 3.05) is 182 Å². The van der Waals surface area contributed by atoms with Crippen LogP contribution in [0.2, 0.25) is 0 Å². The molecule has 37 nitrogen and oxygen atoms in total. The van der Waals surface area contributed by atoms with E-state index in [1.807, 2.05) is 6.92 Å². The van der Waals surface area contributed by atoms with Crippen molar-refractivity contribution in [3.05, 3.63) is 11.9 Å². The minimum Gasteiger partial charge on any atom is -0.382 e. The molecule has 22 rings (SSSR count). The Morgan fingerprint density at radius 1 is 0.245 bits per heavy atom. The van der Waals surface area contributed by atoms with E-state index < -0.39 is 215 Å². The number of aromatic nitrogens is 3. The van der Waals surface area contributed by atoms with Gasteiger partial charge in [0.2, 0.25) is 0 Å². The number of nitrogens with zero attached hydrogens (tertiary/aromatic N) is 3. The highest BCUT2D eigenvalue weighted by atomic mass is 16.8. The summed E-state index contributed by atoms with van der Waals surface area (Å²) in [6.45, 7) is 1.58. The van der Waals surface area contributed by atoms with Gasteiger partial charge in [0, 0.05) is 148 Å². The molecule has 35 atom stereocenters. The first-order chi connectivity index (χ1) is 49.6. The molecule has 0 spiro atoms. The monoisotopic (exact) mass is 1480 g/mol. The predicted octanol–water partition coefficient (Wildman–Crippen LogP) is -1.54. The maximum Gasteiger partial charge on any atom is 0.187 e. The molecule has 102 heavy (non-hydrogen) atoms. The third-order valence-electron chi connectivity index (χ3n) is 20.0. The number of methoxy groups -OCH3 is 20. The van der Waals surface area contributed by atoms with E-state index in [1.54, 1.807) is 10.9 Å². The van der Waals surface area contributed by atoms with Crippen LogP contribution in [0, 0.1) is 6.92 Å². The van der Waals surface area contributed by atoms with Crippen molar-refractivity contribution in [2.24, 2.45) is 0 Å². The van der Waals surface area contributed by atoms with E-state index >= 15 is 0 Å². The molecule has 37 heteroatoms. The SMILES string of the molecule is COC[C@H]1O[C@@H]2O[C@H]3[C@H](OC)[C@@H](OC)[C@@H](O[C@H]4[C@H](OC)[C@@H](OC)[C@@H](O[C@H]5[C@H](OC)[C@@H](OC)[C@@H](O[C@H]6[C@H](OC)[C@@H](OC)[C@@H](O[C@H]7[C@H](OC)[C@@H](OC)[C@@H](O[C@H]8[C@H](OC)[C@@H](OC)[C@@H](O[C@H]1[C@H](OC)[C@H]2OC)O[C@@H]8COC)O[C@@H]7COC)O[C@@H]6COC)O[C@@H]5Cn1cc(C)nn1)O[C@@H]4COC)O[C@@H]3COC. The summed E-state index contributed by atoms with van der Waals surface area (Å²) in [4.78, 5) is 0. The zero-order chi connectivity index (χ0) is 73.5. The Balaban J connectivity index is 1.15. The molecule has 0 amide bonds. The van der Waals surface area contributed by atoms with Gasteiger partial charge in [-0.15, -0.1) is 5.10 Å². The fourth-order valence-electron chi connectivity index (χ4n) is 15.4. The van der Waals surface area contributed by atoms with E-state index in [2.05, 4.69) is 10.3 Å². The maximum absolute atomic E-state index is 7.17. The van der Waals surface area contributed by atoms with Gasteiger partial charge in [0.15, 0.2) is 44.0 Å². The Bertz CT molecular complexity index is 2510. The number of ether oxygens (including phenoxy) is 34. The molecule has 22 heterocycles. The zero-order valence-electron chi connectivity index (χ0n) is 62.5. The van der Waals surface area contributed by atoms with Gasteiger partial charge in [-0.25, -0.2) is 4.68 Å². The van der Waals surface area contributed by atoms with Crippen LogP contribution in [-0.2, 0) is 168 Å². The van der Waals surface area contributed by atoms with Crippen molar-refractivity contribution in [2.45, 2.75) is 228 Å². The summed E-state index contributed by atoms with van der Waals surface area (Å²) in [6, 6.07) is 0. The molecule has 21 aliphatic rings. The molecule has 1 aromatic rings.